The van der Waals surface area contributed by atoms with Crippen LogP contribution < -0.4 is 4.74 Å². The van der Waals surface area contributed by atoms with Gasteiger partial charge in [-0.1, -0.05) is 23.7 Å². The highest BCUT2D eigenvalue weighted by molar-refractivity contribution is 6.30. The molecule has 3 aromatic carbocycles. The second-order valence-electron chi connectivity index (χ2n) is 10.7. The number of fused-ring (bicyclic) bond motifs is 1. The number of benzene rings is 3. The Balaban J connectivity index is 1.31. The van der Waals surface area contributed by atoms with Crippen molar-refractivity contribution in [2.45, 2.75) is 19.1 Å². The number of aromatic carboxylic acids is 1. The van der Waals surface area contributed by atoms with E-state index in [-0.39, 0.29) is 63.8 Å². The van der Waals surface area contributed by atoms with Gasteiger partial charge in [0.25, 0.3) is 0 Å². The van der Waals surface area contributed by atoms with Crippen LogP contribution in [0, 0.1) is 23.4 Å². The Kier molecular flexibility index (Phi) is 8.75. The minimum Gasteiger partial charge on any atom is -0.478 e. The predicted octanol–water partition coefficient (Wildman–Crippen LogP) is 6.87. The van der Waals surface area contributed by atoms with E-state index in [9.17, 15) is 14.3 Å². The Morgan fingerprint density at radius 3 is 2.60 bits per heavy atom. The zero-order valence-electron chi connectivity index (χ0n) is 24.0. The Morgan fingerprint density at radius 1 is 1.00 bits per heavy atom. The van der Waals surface area contributed by atoms with Gasteiger partial charge in [0.15, 0.2) is 0 Å². The minimum absolute atomic E-state index is 0.0547. The van der Waals surface area contributed by atoms with Crippen LogP contribution in [0.15, 0.2) is 66.7 Å². The number of ether oxygens (including phenoxy) is 3. The summed E-state index contributed by atoms with van der Waals surface area (Å²) >= 11 is 5.80. The SMILES string of the molecule is COCC1COCC1n1c(Cc2cc(F)c(-c3cccc(OCc4ccc(Cl)cc4F)n3)cc2F)nc2ccc(C(=O)O)cc21. The van der Waals surface area contributed by atoms with Crippen molar-refractivity contribution in [2.75, 3.05) is 26.9 Å². The van der Waals surface area contributed by atoms with Crippen molar-refractivity contribution in [3.05, 3.63) is 112 Å². The number of methoxy groups -OCH3 is 1. The van der Waals surface area contributed by atoms with Crippen molar-refractivity contribution >= 4 is 28.6 Å². The van der Waals surface area contributed by atoms with E-state index in [4.69, 9.17) is 25.8 Å². The summed E-state index contributed by atoms with van der Waals surface area (Å²) in [6, 6.07) is 15.3. The van der Waals surface area contributed by atoms with Gasteiger partial charge in [0.2, 0.25) is 5.88 Å². The summed E-state index contributed by atoms with van der Waals surface area (Å²) in [5.74, 6) is -2.54. The third kappa shape index (κ3) is 6.37. The van der Waals surface area contributed by atoms with E-state index in [1.54, 1.807) is 19.2 Å². The van der Waals surface area contributed by atoms with E-state index in [1.165, 1.54) is 42.5 Å². The van der Waals surface area contributed by atoms with Crippen molar-refractivity contribution in [1.82, 2.24) is 14.5 Å². The van der Waals surface area contributed by atoms with Crippen LogP contribution in [0.3, 0.4) is 0 Å². The molecule has 232 valence electrons. The third-order valence-electron chi connectivity index (χ3n) is 7.76. The Hall–Kier alpha value is -4.45. The number of aromatic nitrogens is 3. The van der Waals surface area contributed by atoms with Crippen molar-refractivity contribution in [1.29, 1.82) is 0 Å². The maximum Gasteiger partial charge on any atom is 0.335 e. The van der Waals surface area contributed by atoms with Crippen molar-refractivity contribution in [3.63, 3.8) is 0 Å². The summed E-state index contributed by atoms with van der Waals surface area (Å²) in [7, 11) is 1.58. The molecule has 0 saturated carbocycles. The van der Waals surface area contributed by atoms with Gasteiger partial charge >= 0.3 is 5.97 Å². The van der Waals surface area contributed by atoms with Crippen LogP contribution in [0.1, 0.15) is 33.4 Å². The van der Waals surface area contributed by atoms with E-state index in [0.717, 1.165) is 12.1 Å². The fraction of sp³-hybridized carbons (Fsp3) is 0.242. The Morgan fingerprint density at radius 2 is 1.82 bits per heavy atom. The van der Waals surface area contributed by atoms with Crippen LogP contribution in [-0.4, -0.2) is 52.5 Å². The van der Waals surface area contributed by atoms with Crippen LogP contribution in [0.25, 0.3) is 22.3 Å². The van der Waals surface area contributed by atoms with E-state index in [2.05, 4.69) is 9.97 Å². The lowest BCUT2D eigenvalue weighted by atomic mass is 10.0. The molecule has 1 saturated heterocycles. The number of nitrogens with zero attached hydrogens (tertiary/aromatic N) is 3. The molecule has 12 heteroatoms. The molecule has 5 aromatic rings. The molecule has 3 heterocycles. The zero-order chi connectivity index (χ0) is 31.7. The van der Waals surface area contributed by atoms with Crippen LogP contribution in [0.2, 0.25) is 5.02 Å². The molecule has 2 atom stereocenters. The maximum atomic E-state index is 15.6. The summed E-state index contributed by atoms with van der Waals surface area (Å²) in [5.41, 5.74) is 1.52. The average Bonchev–Trinajstić information content (AvgIpc) is 3.61. The predicted molar refractivity (Wildman–Crippen MR) is 160 cm³/mol. The maximum absolute atomic E-state index is 15.6. The van der Waals surface area contributed by atoms with Gasteiger partial charge in [0, 0.05) is 41.7 Å². The molecular formula is C33H27ClF3N3O5. The number of rotatable bonds is 10. The average molecular weight is 638 g/mol. The van der Waals surface area contributed by atoms with E-state index in [0.29, 0.717) is 36.7 Å². The van der Waals surface area contributed by atoms with Gasteiger partial charge in [0.05, 0.1) is 48.2 Å². The molecule has 0 spiro atoms. The summed E-state index contributed by atoms with van der Waals surface area (Å²) in [6.07, 6.45) is -0.0699. The summed E-state index contributed by atoms with van der Waals surface area (Å²) in [5, 5.41) is 9.84. The smallest absolute Gasteiger partial charge is 0.335 e. The van der Waals surface area contributed by atoms with Crippen LogP contribution >= 0.6 is 11.6 Å². The van der Waals surface area contributed by atoms with Crippen LogP contribution in [0.5, 0.6) is 5.88 Å². The zero-order valence-corrected chi connectivity index (χ0v) is 24.7. The number of carboxylic acids is 1. The molecule has 1 fully saturated rings. The molecule has 6 rings (SSSR count). The fourth-order valence-electron chi connectivity index (χ4n) is 5.54. The number of hydrogen-bond acceptors (Lipinski definition) is 6. The first kappa shape index (κ1) is 30.6. The van der Waals surface area contributed by atoms with Crippen LogP contribution in [0.4, 0.5) is 13.2 Å². The van der Waals surface area contributed by atoms with Gasteiger partial charge in [-0.05, 0) is 54.1 Å². The first-order valence-electron chi connectivity index (χ1n) is 14.0. The van der Waals surface area contributed by atoms with Gasteiger partial charge in [0.1, 0.15) is 29.9 Å². The summed E-state index contributed by atoms with van der Waals surface area (Å²) in [6.45, 7) is 1.01. The number of hydrogen-bond donors (Lipinski definition) is 1. The number of halogens is 4. The standard InChI is InChI=1S/C33H27ClF3N3O5/c1-43-14-21-15-44-17-30(21)40-29-10-18(33(41)42)6-8-28(29)38-31(40)11-20-9-26(37)23(13-25(20)36)27-3-2-4-32(39-27)45-16-19-5-7-22(34)12-24(19)35/h2-10,12-13,21,30H,11,14-17H2,1H3,(H,41,42). The molecule has 2 aromatic heterocycles. The molecule has 0 radical (unpaired) electrons. The van der Waals surface area contributed by atoms with E-state index in [1.807, 2.05) is 4.57 Å². The monoisotopic (exact) mass is 637 g/mol. The molecule has 2 unspecified atom stereocenters. The largest absolute Gasteiger partial charge is 0.478 e. The molecule has 1 N–H and O–H groups in total. The molecule has 1 aliphatic rings. The van der Waals surface area contributed by atoms with Gasteiger partial charge < -0.3 is 23.9 Å². The molecular weight excluding hydrogens is 611 g/mol. The highest BCUT2D eigenvalue weighted by Crippen LogP contribution is 2.34. The van der Waals surface area contributed by atoms with Crippen LogP contribution in [-0.2, 0) is 22.5 Å². The van der Waals surface area contributed by atoms with Gasteiger partial charge in [-0.3, -0.25) is 0 Å². The molecule has 45 heavy (non-hydrogen) atoms. The Labute approximate surface area is 261 Å². The van der Waals surface area contributed by atoms with E-state index < -0.39 is 23.4 Å². The molecule has 1 aliphatic heterocycles. The lowest BCUT2D eigenvalue weighted by molar-refractivity contribution is 0.0697. The normalized spacial score (nSPS) is 16.4. The minimum atomic E-state index is -1.09. The van der Waals surface area contributed by atoms with Crippen molar-refractivity contribution < 1.29 is 37.3 Å². The number of carboxylic acid groups (broad SMARTS) is 1. The lowest BCUT2D eigenvalue weighted by Crippen LogP contribution is -2.23. The summed E-state index contributed by atoms with van der Waals surface area (Å²) in [4.78, 5) is 20.7. The highest BCUT2D eigenvalue weighted by atomic mass is 35.5. The highest BCUT2D eigenvalue weighted by Gasteiger charge is 2.33. The van der Waals surface area contributed by atoms with Crippen molar-refractivity contribution in [2.24, 2.45) is 5.92 Å². The third-order valence-corrected chi connectivity index (χ3v) is 8.00. The first-order valence-corrected chi connectivity index (χ1v) is 14.4. The quantitative estimate of drug-likeness (QED) is 0.179. The topological polar surface area (TPSA) is 95.7 Å². The fourth-order valence-corrected chi connectivity index (χ4v) is 5.70. The number of pyridine rings is 1. The van der Waals surface area contributed by atoms with Gasteiger partial charge in [-0.2, -0.15) is 0 Å². The van der Waals surface area contributed by atoms with E-state index >= 15 is 8.78 Å². The molecule has 0 bridgehead atoms. The molecule has 8 nitrogen and oxygen atoms in total. The van der Waals surface area contributed by atoms with Gasteiger partial charge in [-0.15, -0.1) is 0 Å². The molecule has 0 aliphatic carbocycles. The summed E-state index contributed by atoms with van der Waals surface area (Å²) < 4.78 is 63.9. The Bertz CT molecular complexity index is 1900. The first-order chi connectivity index (χ1) is 21.7. The second-order valence-corrected chi connectivity index (χ2v) is 11.1. The number of carbonyl (C=O) groups is 1. The lowest BCUT2D eigenvalue weighted by Gasteiger charge is -2.22. The molecule has 0 amide bonds. The van der Waals surface area contributed by atoms with Gasteiger partial charge in [-0.25, -0.2) is 27.9 Å². The second kappa shape index (κ2) is 12.9. The number of imidazole rings is 1. The van der Waals surface area contributed by atoms with Crippen molar-refractivity contribution in [3.8, 4) is 17.1 Å².